The van der Waals surface area contributed by atoms with Gasteiger partial charge in [-0.05, 0) is 83.5 Å². The lowest BCUT2D eigenvalue weighted by atomic mass is 10.2. The summed E-state index contributed by atoms with van der Waals surface area (Å²) in [6.45, 7) is 3.66. The number of nitrogens with zero attached hydrogens (tertiary/aromatic N) is 1. The molecule has 0 aliphatic carbocycles. The molecule has 0 heterocycles. The summed E-state index contributed by atoms with van der Waals surface area (Å²) in [7, 11) is 1.04. The zero-order valence-corrected chi connectivity index (χ0v) is 38.8. The first-order valence-electron chi connectivity index (χ1n) is 22.0. The van der Waals surface area contributed by atoms with Crippen molar-refractivity contribution in [2.24, 2.45) is 0 Å². The number of carbonyl (C=O) groups is 2. The summed E-state index contributed by atoms with van der Waals surface area (Å²) >= 11 is 0. The van der Waals surface area contributed by atoms with Gasteiger partial charge in [-0.25, -0.2) is 0 Å². The molecule has 342 valence electrons. The fourth-order valence-electron chi connectivity index (χ4n) is 4.85. The summed E-state index contributed by atoms with van der Waals surface area (Å²) in [5.41, 5.74) is 0. The number of hydrogen-bond acceptors (Lipinski definition) is 9. The van der Waals surface area contributed by atoms with E-state index in [1.54, 1.807) is 0 Å². The molecule has 0 saturated heterocycles. The van der Waals surface area contributed by atoms with Crippen LogP contribution in [0.4, 0.5) is 0 Å². The van der Waals surface area contributed by atoms with Crippen molar-refractivity contribution in [1.82, 2.24) is 0 Å². The number of likely N-dealkylation sites (N-methyl/N-ethyl adjacent to an activating group) is 1. The van der Waals surface area contributed by atoms with Crippen LogP contribution in [0, 0.1) is 0 Å². The Morgan fingerprint density at radius 3 is 1.64 bits per heavy atom. The van der Waals surface area contributed by atoms with Crippen LogP contribution < -0.4 is 4.89 Å². The molecule has 0 aliphatic heterocycles. The van der Waals surface area contributed by atoms with Gasteiger partial charge >= 0.3 is 11.9 Å². The molecule has 2 unspecified atom stereocenters. The van der Waals surface area contributed by atoms with E-state index < -0.39 is 38.6 Å². The normalized spacial score (nSPS) is 15.3. The molecule has 0 spiro atoms. The Morgan fingerprint density at radius 1 is 0.607 bits per heavy atom. The SMILES string of the molecule is CC/C=C\C/C=C\C/C=C\C/C=C\C/C=C\C/C=C\CCC(=O)O[C@H](COC(=O)CCC/C=C\C/C=C\C/C=C\C=C\CC(O)/C=C\CC)COP(=O)([O-])OCC[N+](C)(C)C. The molecule has 0 fully saturated rings. The lowest BCUT2D eigenvalue weighted by Crippen LogP contribution is -2.37. The number of phosphoric ester groups is 1. The number of esters is 2. The van der Waals surface area contributed by atoms with E-state index in [1.165, 1.54) is 0 Å². The number of phosphoric acid groups is 1. The van der Waals surface area contributed by atoms with Crippen molar-refractivity contribution in [3.05, 3.63) is 134 Å². The first-order chi connectivity index (χ1) is 29.4. The Kier molecular flexibility index (Phi) is 37.6. The van der Waals surface area contributed by atoms with Crippen LogP contribution in [-0.2, 0) is 32.7 Å². The second kappa shape index (κ2) is 40.2. The molecule has 0 radical (unpaired) electrons. The van der Waals surface area contributed by atoms with E-state index in [2.05, 4.69) is 79.8 Å². The molecule has 0 rings (SSSR count). The van der Waals surface area contributed by atoms with Crippen molar-refractivity contribution in [2.75, 3.05) is 47.5 Å². The van der Waals surface area contributed by atoms with E-state index in [0.717, 1.165) is 57.8 Å². The molecule has 61 heavy (non-hydrogen) atoms. The molecule has 10 nitrogen and oxygen atoms in total. The van der Waals surface area contributed by atoms with Crippen molar-refractivity contribution in [2.45, 2.75) is 122 Å². The van der Waals surface area contributed by atoms with Crippen molar-refractivity contribution < 1.29 is 47.2 Å². The van der Waals surface area contributed by atoms with Gasteiger partial charge < -0.3 is 33.0 Å². The summed E-state index contributed by atoms with van der Waals surface area (Å²) < 4.78 is 33.7. The van der Waals surface area contributed by atoms with Gasteiger partial charge in [-0.3, -0.25) is 14.2 Å². The van der Waals surface area contributed by atoms with Crippen LogP contribution in [0.3, 0.4) is 0 Å². The monoisotopic (exact) mass is 868 g/mol. The maximum atomic E-state index is 12.7. The van der Waals surface area contributed by atoms with E-state index >= 15 is 0 Å². The van der Waals surface area contributed by atoms with Crippen molar-refractivity contribution in [3.8, 4) is 0 Å². The van der Waals surface area contributed by atoms with Crippen molar-refractivity contribution in [1.29, 1.82) is 0 Å². The number of quaternary nitrogens is 1. The first-order valence-corrected chi connectivity index (χ1v) is 23.5. The highest BCUT2D eigenvalue weighted by atomic mass is 31.2. The minimum Gasteiger partial charge on any atom is -0.756 e. The number of carbonyl (C=O) groups excluding carboxylic acids is 2. The molecular formula is C50H78NO9P. The lowest BCUT2D eigenvalue weighted by molar-refractivity contribution is -0.870. The highest BCUT2D eigenvalue weighted by Gasteiger charge is 2.21. The summed E-state index contributed by atoms with van der Waals surface area (Å²) in [5, 5.41) is 9.77. The molecular weight excluding hydrogens is 790 g/mol. The third kappa shape index (κ3) is 44.0. The second-order valence-corrected chi connectivity index (χ2v) is 16.6. The number of rotatable bonds is 37. The Labute approximate surface area is 369 Å². The Balaban J connectivity index is 4.64. The van der Waals surface area contributed by atoms with E-state index in [4.69, 9.17) is 18.5 Å². The zero-order chi connectivity index (χ0) is 45.1. The molecule has 0 aromatic carbocycles. The highest BCUT2D eigenvalue weighted by Crippen LogP contribution is 2.38. The van der Waals surface area contributed by atoms with Gasteiger partial charge in [0, 0.05) is 12.8 Å². The molecule has 0 bridgehead atoms. The maximum Gasteiger partial charge on any atom is 0.306 e. The molecule has 0 amide bonds. The Morgan fingerprint density at radius 2 is 1.10 bits per heavy atom. The highest BCUT2D eigenvalue weighted by molar-refractivity contribution is 7.45. The van der Waals surface area contributed by atoms with Crippen LogP contribution in [0.25, 0.3) is 0 Å². The van der Waals surface area contributed by atoms with Crippen LogP contribution in [0.2, 0.25) is 0 Å². The van der Waals surface area contributed by atoms with Gasteiger partial charge in [0.1, 0.15) is 19.8 Å². The largest absolute Gasteiger partial charge is 0.756 e. The second-order valence-electron chi connectivity index (χ2n) is 15.1. The molecule has 11 heteroatoms. The minimum atomic E-state index is -4.68. The molecule has 0 aliphatic rings. The molecule has 0 aromatic rings. The zero-order valence-electron chi connectivity index (χ0n) is 37.9. The van der Waals surface area contributed by atoms with E-state index in [1.807, 2.05) is 88.8 Å². The molecule has 0 saturated carbocycles. The average molecular weight is 868 g/mol. The number of unbranched alkanes of at least 4 members (excludes halogenated alkanes) is 1. The average Bonchev–Trinajstić information content (AvgIpc) is 3.21. The first kappa shape index (κ1) is 57.1. The smallest absolute Gasteiger partial charge is 0.306 e. The number of hydrogen-bond donors (Lipinski definition) is 1. The van der Waals surface area contributed by atoms with Crippen LogP contribution in [-0.4, -0.2) is 81.2 Å². The fourth-order valence-corrected chi connectivity index (χ4v) is 5.58. The molecule has 3 atom stereocenters. The predicted octanol–water partition coefficient (Wildman–Crippen LogP) is 11.0. The van der Waals surface area contributed by atoms with E-state index in [-0.39, 0.29) is 26.1 Å². The van der Waals surface area contributed by atoms with Crippen LogP contribution >= 0.6 is 7.82 Å². The quantitative estimate of drug-likeness (QED) is 0.0162. The van der Waals surface area contributed by atoms with Gasteiger partial charge in [-0.1, -0.05) is 148 Å². The van der Waals surface area contributed by atoms with Crippen LogP contribution in [0.1, 0.15) is 110 Å². The number of aliphatic hydroxyl groups is 1. The number of ether oxygens (including phenoxy) is 2. The summed E-state index contributed by atoms with van der Waals surface area (Å²) in [6, 6.07) is 0. The minimum absolute atomic E-state index is 0.0690. The standard InChI is InChI=1S/C50H78NO9P/c1-6-8-10-11-12-13-14-15-16-17-18-19-20-21-26-29-32-35-38-42-50(54)60-48(46-59-61(55,56)58-44-43-51(3,4)5)45-57-49(53)41-37-34-31-28-25-23-22-24-27-30-33-36-40-47(52)39-9-7-2/h8-10,12-13,15-16,18-19,21-23,26-28,30-33,35-36,39,47-48,52H,6-7,11,14,17,20,24-25,29,34,37-38,40-46H2,1-5H3/b10-8-,13-12-,16-15-,19-18-,23-22-,26-21-,30-27-,31-28-,35-32-,36-33+,39-9-/t47?,48-/m1/s1. The third-order valence-electron chi connectivity index (χ3n) is 8.25. The van der Waals surface area contributed by atoms with Gasteiger partial charge in [0.15, 0.2) is 6.10 Å². The predicted molar refractivity (Wildman–Crippen MR) is 250 cm³/mol. The summed E-state index contributed by atoms with van der Waals surface area (Å²) in [5.74, 6) is -1.04. The third-order valence-corrected chi connectivity index (χ3v) is 9.22. The van der Waals surface area contributed by atoms with Gasteiger partial charge in [0.2, 0.25) is 0 Å². The fraction of sp³-hybridized carbons (Fsp3) is 0.520. The van der Waals surface area contributed by atoms with Crippen LogP contribution in [0.15, 0.2) is 134 Å². The maximum absolute atomic E-state index is 12.7. The topological polar surface area (TPSA) is 131 Å². The van der Waals surface area contributed by atoms with Gasteiger partial charge in [-0.2, -0.15) is 0 Å². The molecule has 1 N–H and O–H groups in total. The molecule has 0 aromatic heterocycles. The Hall–Kier alpha value is -3.89. The Bertz CT molecular complexity index is 1510. The van der Waals surface area contributed by atoms with Crippen molar-refractivity contribution in [3.63, 3.8) is 0 Å². The van der Waals surface area contributed by atoms with Gasteiger partial charge in [0.25, 0.3) is 7.82 Å². The van der Waals surface area contributed by atoms with Gasteiger partial charge in [-0.15, -0.1) is 0 Å². The summed E-state index contributed by atoms with van der Waals surface area (Å²) in [6.07, 6.45) is 54.2. The van der Waals surface area contributed by atoms with Gasteiger partial charge in [0.05, 0.1) is 33.9 Å². The lowest BCUT2D eigenvalue weighted by Gasteiger charge is -2.28. The van der Waals surface area contributed by atoms with E-state index in [0.29, 0.717) is 36.7 Å². The van der Waals surface area contributed by atoms with Crippen molar-refractivity contribution >= 4 is 19.8 Å². The number of allylic oxidation sites excluding steroid dienone is 20. The number of aliphatic hydroxyl groups excluding tert-OH is 1. The van der Waals surface area contributed by atoms with E-state index in [9.17, 15) is 24.2 Å². The summed E-state index contributed by atoms with van der Waals surface area (Å²) in [4.78, 5) is 37.5. The van der Waals surface area contributed by atoms with Crippen LogP contribution in [0.5, 0.6) is 0 Å².